The van der Waals surface area contributed by atoms with Crippen molar-refractivity contribution >= 4 is 47.4 Å². The minimum Gasteiger partial charge on any atom is -0.492 e. The van der Waals surface area contributed by atoms with Crippen LogP contribution in [-0.2, 0) is 20.0 Å². The Kier molecular flexibility index (Phi) is 6.21. The van der Waals surface area contributed by atoms with E-state index in [-0.39, 0.29) is 23.0 Å². The Balaban J connectivity index is 2.02. The number of nitrogens with zero attached hydrogens (tertiary/aromatic N) is 1. The molecule has 0 bridgehead atoms. The van der Waals surface area contributed by atoms with E-state index in [0.717, 1.165) is 10.9 Å². The standard InChI is InChI=1S/C18H21BrN2O5S2/c1-2-26-17-10-9-16(21-11-3-4-12-27(21,22)23)13-18(17)28(24,25)20-15-7-5-14(19)6-8-15/h5-10,13,20H,2-4,11-12H2,1H3. The van der Waals surface area contributed by atoms with Gasteiger partial charge < -0.3 is 4.74 Å². The van der Waals surface area contributed by atoms with Crippen molar-refractivity contribution in [3.8, 4) is 5.75 Å². The van der Waals surface area contributed by atoms with Crippen molar-refractivity contribution in [3.05, 3.63) is 46.9 Å². The summed E-state index contributed by atoms with van der Waals surface area (Å²) in [4.78, 5) is -0.101. The zero-order valence-electron chi connectivity index (χ0n) is 15.3. The van der Waals surface area contributed by atoms with Crippen molar-refractivity contribution in [2.45, 2.75) is 24.7 Å². The van der Waals surface area contributed by atoms with Crippen LogP contribution in [0.5, 0.6) is 5.75 Å². The topological polar surface area (TPSA) is 92.8 Å². The lowest BCUT2D eigenvalue weighted by Crippen LogP contribution is -2.37. The van der Waals surface area contributed by atoms with E-state index in [9.17, 15) is 16.8 Å². The van der Waals surface area contributed by atoms with Gasteiger partial charge in [0, 0.05) is 16.7 Å². The van der Waals surface area contributed by atoms with Crippen LogP contribution in [0.3, 0.4) is 0 Å². The number of nitrogens with one attached hydrogen (secondary N) is 1. The van der Waals surface area contributed by atoms with E-state index in [0.29, 0.717) is 24.3 Å². The lowest BCUT2D eigenvalue weighted by Gasteiger charge is -2.28. The Labute approximate surface area is 173 Å². The third-order valence-electron chi connectivity index (χ3n) is 4.25. The van der Waals surface area contributed by atoms with Gasteiger partial charge in [-0.15, -0.1) is 0 Å². The number of halogens is 1. The third kappa shape index (κ3) is 4.61. The van der Waals surface area contributed by atoms with E-state index in [4.69, 9.17) is 4.74 Å². The summed E-state index contributed by atoms with van der Waals surface area (Å²) in [7, 11) is -7.44. The number of hydrogen-bond donors (Lipinski definition) is 1. The Hall–Kier alpha value is -1.78. The highest BCUT2D eigenvalue weighted by Gasteiger charge is 2.28. The molecule has 1 N–H and O–H groups in total. The summed E-state index contributed by atoms with van der Waals surface area (Å²) in [5.41, 5.74) is 0.709. The van der Waals surface area contributed by atoms with Gasteiger partial charge in [-0.25, -0.2) is 16.8 Å². The first-order valence-electron chi connectivity index (χ1n) is 8.78. The molecule has 1 aliphatic heterocycles. The first kappa shape index (κ1) is 20.9. The minimum absolute atomic E-state index is 0.0550. The van der Waals surface area contributed by atoms with Crippen molar-refractivity contribution in [3.63, 3.8) is 0 Å². The summed E-state index contributed by atoms with van der Waals surface area (Å²) in [5.74, 6) is 0.227. The monoisotopic (exact) mass is 488 g/mol. The molecule has 2 aromatic rings. The number of anilines is 2. The fourth-order valence-electron chi connectivity index (χ4n) is 2.94. The van der Waals surface area contributed by atoms with Crippen LogP contribution in [0.2, 0.25) is 0 Å². The van der Waals surface area contributed by atoms with Crippen LogP contribution in [0.25, 0.3) is 0 Å². The van der Waals surface area contributed by atoms with E-state index in [1.165, 1.54) is 16.4 Å². The average Bonchev–Trinajstić information content (AvgIpc) is 2.64. The Morgan fingerprint density at radius 2 is 1.86 bits per heavy atom. The molecule has 7 nitrogen and oxygen atoms in total. The molecule has 152 valence electrons. The minimum atomic E-state index is -3.99. The lowest BCUT2D eigenvalue weighted by molar-refractivity contribution is 0.331. The van der Waals surface area contributed by atoms with Gasteiger partial charge in [0.05, 0.1) is 18.0 Å². The van der Waals surface area contributed by atoms with E-state index >= 15 is 0 Å². The van der Waals surface area contributed by atoms with Crippen LogP contribution >= 0.6 is 15.9 Å². The average molecular weight is 489 g/mol. The van der Waals surface area contributed by atoms with Crippen molar-refractivity contribution in [1.29, 1.82) is 0 Å². The van der Waals surface area contributed by atoms with Gasteiger partial charge in [-0.1, -0.05) is 15.9 Å². The highest BCUT2D eigenvalue weighted by molar-refractivity contribution is 9.10. The number of ether oxygens (including phenoxy) is 1. The maximum absolute atomic E-state index is 13.0. The Morgan fingerprint density at radius 1 is 1.14 bits per heavy atom. The molecule has 1 fully saturated rings. The molecule has 0 aliphatic carbocycles. The maximum Gasteiger partial charge on any atom is 0.265 e. The van der Waals surface area contributed by atoms with Gasteiger partial charge in [-0.2, -0.15) is 0 Å². The van der Waals surface area contributed by atoms with Crippen LogP contribution in [-0.4, -0.2) is 35.7 Å². The molecule has 1 heterocycles. The predicted molar refractivity (Wildman–Crippen MR) is 113 cm³/mol. The molecule has 0 radical (unpaired) electrons. The highest BCUT2D eigenvalue weighted by Crippen LogP contribution is 2.33. The quantitative estimate of drug-likeness (QED) is 0.670. The molecule has 3 rings (SSSR count). The summed E-state index contributed by atoms with van der Waals surface area (Å²) in [5, 5.41) is 0. The number of hydrogen-bond acceptors (Lipinski definition) is 5. The molecule has 1 saturated heterocycles. The van der Waals surface area contributed by atoms with Crippen LogP contribution < -0.4 is 13.8 Å². The van der Waals surface area contributed by atoms with Crippen LogP contribution in [0.15, 0.2) is 51.8 Å². The molecule has 0 unspecified atom stereocenters. The van der Waals surface area contributed by atoms with Crippen molar-refractivity contribution in [2.75, 3.05) is 27.9 Å². The van der Waals surface area contributed by atoms with Crippen molar-refractivity contribution < 1.29 is 21.6 Å². The van der Waals surface area contributed by atoms with Crippen LogP contribution in [0.4, 0.5) is 11.4 Å². The van der Waals surface area contributed by atoms with E-state index in [1.54, 1.807) is 37.3 Å². The fourth-order valence-corrected chi connectivity index (χ4v) is 6.06. The first-order valence-corrected chi connectivity index (χ1v) is 12.7. The van der Waals surface area contributed by atoms with Gasteiger partial charge in [0.2, 0.25) is 10.0 Å². The van der Waals surface area contributed by atoms with E-state index in [2.05, 4.69) is 20.7 Å². The Morgan fingerprint density at radius 3 is 2.50 bits per heavy atom. The first-order chi connectivity index (χ1) is 13.2. The summed E-state index contributed by atoms with van der Waals surface area (Å²) >= 11 is 3.31. The lowest BCUT2D eigenvalue weighted by atomic mass is 10.2. The maximum atomic E-state index is 13.0. The SMILES string of the molecule is CCOc1ccc(N2CCCCS2(=O)=O)cc1S(=O)(=O)Nc1ccc(Br)cc1. The second-order valence-electron chi connectivity index (χ2n) is 6.27. The van der Waals surface area contributed by atoms with E-state index in [1.807, 2.05) is 0 Å². The molecule has 10 heteroatoms. The summed E-state index contributed by atoms with van der Waals surface area (Å²) < 4.78 is 60.9. The van der Waals surface area contributed by atoms with E-state index < -0.39 is 20.0 Å². The molecule has 28 heavy (non-hydrogen) atoms. The summed E-state index contributed by atoms with van der Waals surface area (Å²) in [6.07, 6.45) is 1.33. The number of rotatable bonds is 6. The van der Waals surface area contributed by atoms with Crippen LogP contribution in [0, 0.1) is 0 Å². The fraction of sp³-hybridized carbons (Fsp3) is 0.333. The molecule has 0 amide bonds. The molecule has 0 atom stereocenters. The second-order valence-corrected chi connectivity index (χ2v) is 10.9. The molecular formula is C18H21BrN2O5S2. The Bertz CT molecular complexity index is 1050. The van der Waals surface area contributed by atoms with Gasteiger partial charge in [-0.3, -0.25) is 9.03 Å². The van der Waals surface area contributed by atoms with Crippen molar-refractivity contribution in [2.24, 2.45) is 0 Å². The van der Waals surface area contributed by atoms with Crippen LogP contribution in [0.1, 0.15) is 19.8 Å². The summed E-state index contributed by atoms with van der Waals surface area (Å²) in [6, 6.07) is 11.1. The molecule has 2 aromatic carbocycles. The van der Waals surface area contributed by atoms with Gasteiger partial charge in [0.15, 0.2) is 0 Å². The highest BCUT2D eigenvalue weighted by atomic mass is 79.9. The smallest absolute Gasteiger partial charge is 0.265 e. The predicted octanol–water partition coefficient (Wildman–Crippen LogP) is 3.58. The molecule has 0 spiro atoms. The number of benzene rings is 2. The third-order valence-corrected chi connectivity index (χ3v) is 8.05. The second kappa shape index (κ2) is 8.30. The summed E-state index contributed by atoms with van der Waals surface area (Å²) in [6.45, 7) is 2.36. The van der Waals surface area contributed by atoms with Gasteiger partial charge in [0.25, 0.3) is 10.0 Å². The molecule has 0 saturated carbocycles. The van der Waals surface area contributed by atoms with Gasteiger partial charge in [-0.05, 0) is 62.2 Å². The van der Waals surface area contributed by atoms with Gasteiger partial charge >= 0.3 is 0 Å². The zero-order chi connectivity index (χ0) is 20.4. The molecular weight excluding hydrogens is 468 g/mol. The number of sulfonamides is 2. The normalized spacial score (nSPS) is 16.6. The van der Waals surface area contributed by atoms with Gasteiger partial charge in [0.1, 0.15) is 10.6 Å². The largest absolute Gasteiger partial charge is 0.492 e. The molecule has 0 aromatic heterocycles. The molecule has 1 aliphatic rings. The zero-order valence-corrected chi connectivity index (χ0v) is 18.5. The van der Waals surface area contributed by atoms with Crippen molar-refractivity contribution in [1.82, 2.24) is 0 Å².